The highest BCUT2D eigenvalue weighted by Gasteiger charge is 2.22. The van der Waals surface area contributed by atoms with Crippen LogP contribution in [0.4, 0.5) is 0 Å². The molecule has 0 saturated heterocycles. The van der Waals surface area contributed by atoms with Crippen molar-refractivity contribution in [2.24, 2.45) is 5.14 Å². The standard InChI is InChI=1S/C12H20N2O4S2/c1-5-18-12(3,4)7-14-11(15)9-6-10(8(2)19-9)20(13,16)17/h6H,5,7H2,1-4H3,(H,14,15)(H2,13,16,17). The Bertz CT molecular complexity index is 591. The molecule has 1 amide bonds. The molecule has 0 aromatic carbocycles. The van der Waals surface area contributed by atoms with Gasteiger partial charge in [0.2, 0.25) is 10.0 Å². The van der Waals surface area contributed by atoms with Crippen LogP contribution in [0.15, 0.2) is 11.0 Å². The van der Waals surface area contributed by atoms with Gasteiger partial charge in [0.05, 0.1) is 15.4 Å². The lowest BCUT2D eigenvalue weighted by molar-refractivity contribution is -0.00812. The van der Waals surface area contributed by atoms with Crippen molar-refractivity contribution in [3.63, 3.8) is 0 Å². The first-order chi connectivity index (χ1) is 9.07. The van der Waals surface area contributed by atoms with Gasteiger partial charge in [0.1, 0.15) is 0 Å². The molecule has 0 radical (unpaired) electrons. The Kier molecular flexibility index (Phi) is 5.31. The van der Waals surface area contributed by atoms with Gasteiger partial charge in [-0.05, 0) is 33.8 Å². The average Bonchev–Trinajstić information content (AvgIpc) is 2.68. The zero-order valence-corrected chi connectivity index (χ0v) is 13.7. The molecule has 0 spiro atoms. The van der Waals surface area contributed by atoms with E-state index in [0.29, 0.717) is 22.9 Å². The number of ether oxygens (including phenoxy) is 1. The molecule has 20 heavy (non-hydrogen) atoms. The van der Waals surface area contributed by atoms with Crippen LogP contribution < -0.4 is 10.5 Å². The average molecular weight is 320 g/mol. The van der Waals surface area contributed by atoms with Gasteiger partial charge < -0.3 is 10.1 Å². The number of nitrogens with one attached hydrogen (secondary N) is 1. The van der Waals surface area contributed by atoms with Crippen molar-refractivity contribution in [2.75, 3.05) is 13.2 Å². The summed E-state index contributed by atoms with van der Waals surface area (Å²) in [5.41, 5.74) is -0.473. The Balaban J connectivity index is 2.80. The molecule has 0 atom stereocenters. The fraction of sp³-hybridized carbons (Fsp3) is 0.583. The molecule has 1 aromatic rings. The number of rotatable bonds is 6. The van der Waals surface area contributed by atoms with Crippen LogP contribution in [0, 0.1) is 6.92 Å². The number of sulfonamides is 1. The lowest BCUT2D eigenvalue weighted by atomic mass is 10.1. The zero-order valence-electron chi connectivity index (χ0n) is 12.0. The van der Waals surface area contributed by atoms with Gasteiger partial charge in [0.15, 0.2) is 0 Å². The van der Waals surface area contributed by atoms with Crippen LogP contribution in [0.1, 0.15) is 35.3 Å². The van der Waals surface area contributed by atoms with E-state index in [1.807, 2.05) is 20.8 Å². The quantitative estimate of drug-likeness (QED) is 0.824. The molecule has 0 aliphatic heterocycles. The molecule has 1 heterocycles. The minimum absolute atomic E-state index is 0.00304. The molecule has 6 nitrogen and oxygen atoms in total. The molecule has 1 rings (SSSR count). The Hall–Kier alpha value is -0.960. The van der Waals surface area contributed by atoms with Gasteiger partial charge in [-0.1, -0.05) is 0 Å². The third kappa shape index (κ3) is 4.55. The number of hydrogen-bond acceptors (Lipinski definition) is 5. The van der Waals surface area contributed by atoms with Gasteiger partial charge in [-0.2, -0.15) is 0 Å². The van der Waals surface area contributed by atoms with E-state index in [9.17, 15) is 13.2 Å². The van der Waals surface area contributed by atoms with E-state index in [-0.39, 0.29) is 10.8 Å². The fourth-order valence-electron chi connectivity index (χ4n) is 1.68. The second-order valence-electron chi connectivity index (χ2n) is 4.95. The Morgan fingerprint density at radius 3 is 2.55 bits per heavy atom. The molecule has 0 saturated carbocycles. The molecule has 3 N–H and O–H groups in total. The van der Waals surface area contributed by atoms with Crippen LogP contribution in [0.25, 0.3) is 0 Å². The summed E-state index contributed by atoms with van der Waals surface area (Å²) in [6, 6.07) is 1.30. The van der Waals surface area contributed by atoms with Crippen LogP contribution in [0.5, 0.6) is 0 Å². The van der Waals surface area contributed by atoms with Gasteiger partial charge >= 0.3 is 0 Å². The number of nitrogens with two attached hydrogens (primary N) is 1. The number of hydrogen-bond donors (Lipinski definition) is 2. The highest BCUT2D eigenvalue weighted by Crippen LogP contribution is 2.24. The largest absolute Gasteiger partial charge is 0.374 e. The summed E-state index contributed by atoms with van der Waals surface area (Å²) in [4.78, 5) is 12.8. The predicted molar refractivity (Wildman–Crippen MR) is 78.5 cm³/mol. The van der Waals surface area contributed by atoms with Crippen molar-refractivity contribution < 1.29 is 17.9 Å². The van der Waals surface area contributed by atoms with Crippen molar-refractivity contribution >= 4 is 27.3 Å². The van der Waals surface area contributed by atoms with E-state index in [2.05, 4.69) is 5.32 Å². The summed E-state index contributed by atoms with van der Waals surface area (Å²) in [5.74, 6) is -0.333. The topological polar surface area (TPSA) is 98.5 Å². The van der Waals surface area contributed by atoms with Crippen molar-refractivity contribution in [1.82, 2.24) is 5.32 Å². The molecule has 0 unspecified atom stereocenters. The summed E-state index contributed by atoms with van der Waals surface area (Å²) in [5, 5.41) is 7.81. The van der Waals surface area contributed by atoms with Crippen LogP contribution in [0.2, 0.25) is 0 Å². The monoisotopic (exact) mass is 320 g/mol. The molecule has 0 fully saturated rings. The molecular weight excluding hydrogens is 300 g/mol. The second-order valence-corrected chi connectivity index (χ2v) is 7.74. The molecule has 0 aliphatic rings. The van der Waals surface area contributed by atoms with E-state index in [1.54, 1.807) is 6.92 Å². The number of carbonyl (C=O) groups excluding carboxylic acids is 1. The lowest BCUT2D eigenvalue weighted by Gasteiger charge is -2.24. The van der Waals surface area contributed by atoms with Crippen LogP contribution in [-0.2, 0) is 14.8 Å². The molecule has 8 heteroatoms. The molecule has 0 aliphatic carbocycles. The third-order valence-corrected chi connectivity index (χ3v) is 4.83. The summed E-state index contributed by atoms with van der Waals surface area (Å²) >= 11 is 1.10. The number of primary sulfonamides is 1. The first kappa shape index (κ1) is 17.1. The minimum atomic E-state index is -3.79. The van der Waals surface area contributed by atoms with Crippen molar-refractivity contribution in [3.8, 4) is 0 Å². The number of carbonyl (C=O) groups is 1. The van der Waals surface area contributed by atoms with Crippen LogP contribution in [-0.4, -0.2) is 33.1 Å². The maximum absolute atomic E-state index is 12.0. The predicted octanol–water partition coefficient (Wildman–Crippen LogP) is 1.25. The van der Waals surface area contributed by atoms with Gasteiger partial charge in [-0.3, -0.25) is 4.79 Å². The Morgan fingerprint density at radius 2 is 2.10 bits per heavy atom. The summed E-state index contributed by atoms with van der Waals surface area (Å²) < 4.78 is 28.1. The minimum Gasteiger partial charge on any atom is -0.374 e. The van der Waals surface area contributed by atoms with Crippen molar-refractivity contribution in [3.05, 3.63) is 15.8 Å². The summed E-state index contributed by atoms with van der Waals surface area (Å²) in [6.45, 7) is 8.12. The van der Waals surface area contributed by atoms with Crippen LogP contribution >= 0.6 is 11.3 Å². The van der Waals surface area contributed by atoms with Gasteiger partial charge in [0, 0.05) is 18.0 Å². The number of amides is 1. The van der Waals surface area contributed by atoms with Gasteiger partial charge in [-0.25, -0.2) is 13.6 Å². The van der Waals surface area contributed by atoms with E-state index >= 15 is 0 Å². The van der Waals surface area contributed by atoms with Crippen LogP contribution in [0.3, 0.4) is 0 Å². The summed E-state index contributed by atoms with van der Waals surface area (Å²) in [7, 11) is -3.79. The third-order valence-electron chi connectivity index (χ3n) is 2.61. The smallest absolute Gasteiger partial charge is 0.261 e. The SMILES string of the molecule is CCOC(C)(C)CNC(=O)c1cc(S(N)(=O)=O)c(C)s1. The van der Waals surface area contributed by atoms with Crippen molar-refractivity contribution in [2.45, 2.75) is 38.2 Å². The maximum Gasteiger partial charge on any atom is 0.261 e. The summed E-state index contributed by atoms with van der Waals surface area (Å²) in [6.07, 6.45) is 0. The molecule has 114 valence electrons. The lowest BCUT2D eigenvalue weighted by Crippen LogP contribution is -2.40. The number of aryl methyl sites for hydroxylation is 1. The van der Waals surface area contributed by atoms with Gasteiger partial charge in [0.25, 0.3) is 5.91 Å². The van der Waals surface area contributed by atoms with E-state index in [1.165, 1.54) is 6.07 Å². The van der Waals surface area contributed by atoms with E-state index in [0.717, 1.165) is 11.3 Å². The molecule has 1 aromatic heterocycles. The van der Waals surface area contributed by atoms with E-state index < -0.39 is 15.6 Å². The first-order valence-electron chi connectivity index (χ1n) is 6.12. The first-order valence-corrected chi connectivity index (χ1v) is 8.48. The number of thiophene rings is 1. The van der Waals surface area contributed by atoms with Gasteiger partial charge in [-0.15, -0.1) is 11.3 Å². The maximum atomic E-state index is 12.0. The highest BCUT2D eigenvalue weighted by molar-refractivity contribution is 7.89. The highest BCUT2D eigenvalue weighted by atomic mass is 32.2. The normalized spacial score (nSPS) is 12.4. The van der Waals surface area contributed by atoms with Crippen molar-refractivity contribution in [1.29, 1.82) is 0 Å². The Morgan fingerprint density at radius 1 is 1.50 bits per heavy atom. The Labute approximate surface area is 123 Å². The fourth-order valence-corrected chi connectivity index (χ4v) is 3.74. The molecule has 0 bridgehead atoms. The second kappa shape index (κ2) is 6.21. The molecular formula is C12H20N2O4S2. The van der Waals surface area contributed by atoms with E-state index in [4.69, 9.17) is 9.88 Å². The zero-order chi connectivity index (χ0) is 15.6.